The first-order valence-corrected chi connectivity index (χ1v) is 20.2. The fourth-order valence-corrected chi connectivity index (χ4v) is 4.70. The third-order valence-corrected chi connectivity index (χ3v) is 7.69. The largest absolute Gasteiger partial charge is 0.379 e. The van der Waals surface area contributed by atoms with Crippen LogP contribution in [0.3, 0.4) is 0 Å². The number of nitro benzene ring substituents is 2. The highest BCUT2D eigenvalue weighted by Gasteiger charge is 2.19. The molecule has 0 saturated heterocycles. The molecule has 57 heavy (non-hydrogen) atoms. The average Bonchev–Trinajstić information content (AvgIpc) is 3.21. The lowest BCUT2D eigenvalue weighted by atomic mass is 10.1. The second-order valence-corrected chi connectivity index (χ2v) is 12.3. The molecule has 0 aliphatic carbocycles. The SMILES string of the molecule is CCCCCCCCOCCOCCOCCOCCOCCOCCOCCOCCOCCOCCOCCOCCNc1ccc([N+](=O)[O-])cc1[N+](=O)[O-]. The van der Waals surface area contributed by atoms with E-state index in [-0.39, 0.29) is 30.2 Å². The van der Waals surface area contributed by atoms with Crippen molar-refractivity contribution in [3.63, 3.8) is 0 Å². The number of hydrogen-bond acceptors (Lipinski definition) is 17. The zero-order valence-electron chi connectivity index (χ0n) is 34.1. The Morgan fingerprint density at radius 1 is 0.421 bits per heavy atom. The van der Waals surface area contributed by atoms with Crippen LogP contribution in [0.2, 0.25) is 0 Å². The van der Waals surface area contributed by atoms with Gasteiger partial charge in [0.25, 0.3) is 11.4 Å². The zero-order valence-corrected chi connectivity index (χ0v) is 34.1. The van der Waals surface area contributed by atoms with Gasteiger partial charge in [0.15, 0.2) is 0 Å². The Hall–Kier alpha value is -2.66. The Balaban J connectivity index is 1.68. The fraction of sp³-hybridized carbons (Fsp3) is 0.842. The summed E-state index contributed by atoms with van der Waals surface area (Å²) in [7, 11) is 0. The molecule has 1 aromatic carbocycles. The highest BCUT2D eigenvalue weighted by atomic mass is 16.6. The second-order valence-electron chi connectivity index (χ2n) is 12.3. The van der Waals surface area contributed by atoms with Gasteiger partial charge in [0.05, 0.1) is 168 Å². The molecule has 0 atom stereocenters. The van der Waals surface area contributed by atoms with Crippen molar-refractivity contribution in [1.82, 2.24) is 0 Å². The number of nitrogens with zero attached hydrogens (tertiary/aromatic N) is 2. The number of nitro groups is 2. The number of ether oxygens (including phenoxy) is 12. The van der Waals surface area contributed by atoms with Crippen molar-refractivity contribution in [2.24, 2.45) is 0 Å². The molecule has 0 spiro atoms. The van der Waals surface area contributed by atoms with E-state index >= 15 is 0 Å². The van der Waals surface area contributed by atoms with E-state index in [0.717, 1.165) is 19.1 Å². The highest BCUT2D eigenvalue weighted by Crippen LogP contribution is 2.28. The maximum atomic E-state index is 11.2. The topological polar surface area (TPSA) is 209 Å². The Morgan fingerprint density at radius 3 is 1.07 bits per heavy atom. The molecule has 0 saturated carbocycles. The van der Waals surface area contributed by atoms with Crippen LogP contribution in [-0.4, -0.2) is 175 Å². The predicted octanol–water partition coefficient (Wildman–Crippen LogP) is 4.47. The minimum Gasteiger partial charge on any atom is -0.379 e. The number of hydrogen-bond donors (Lipinski definition) is 1. The van der Waals surface area contributed by atoms with E-state index in [4.69, 9.17) is 56.8 Å². The molecule has 0 aliphatic heterocycles. The normalized spacial score (nSPS) is 11.4. The molecular weight excluding hydrogens is 754 g/mol. The van der Waals surface area contributed by atoms with Crippen LogP contribution in [0.25, 0.3) is 0 Å². The second kappa shape index (κ2) is 41.5. The van der Waals surface area contributed by atoms with E-state index in [0.29, 0.717) is 145 Å². The minimum atomic E-state index is -0.680. The van der Waals surface area contributed by atoms with Crippen molar-refractivity contribution in [2.75, 3.05) is 170 Å². The summed E-state index contributed by atoms with van der Waals surface area (Å²) in [4.78, 5) is 20.6. The third-order valence-electron chi connectivity index (χ3n) is 7.69. The molecule has 0 fully saturated rings. The van der Waals surface area contributed by atoms with Crippen molar-refractivity contribution in [3.8, 4) is 0 Å². The number of benzene rings is 1. The van der Waals surface area contributed by atoms with E-state index in [1.807, 2.05) is 0 Å². The first-order valence-electron chi connectivity index (χ1n) is 20.2. The molecule has 1 N–H and O–H groups in total. The maximum absolute atomic E-state index is 11.2. The van der Waals surface area contributed by atoms with Gasteiger partial charge in [0.1, 0.15) is 5.69 Å². The van der Waals surface area contributed by atoms with Crippen LogP contribution < -0.4 is 5.32 Å². The molecule has 332 valence electrons. The monoisotopic (exact) mass is 823 g/mol. The molecule has 0 amide bonds. The van der Waals surface area contributed by atoms with Crippen LogP contribution in [0.4, 0.5) is 17.1 Å². The summed E-state index contributed by atoms with van der Waals surface area (Å²) in [5.41, 5.74) is -0.526. The van der Waals surface area contributed by atoms with E-state index in [1.165, 1.54) is 44.2 Å². The quantitative estimate of drug-likeness (QED) is 0.0546. The van der Waals surface area contributed by atoms with Gasteiger partial charge in [-0.1, -0.05) is 39.0 Å². The van der Waals surface area contributed by atoms with E-state index in [1.54, 1.807) is 0 Å². The molecule has 0 bridgehead atoms. The summed E-state index contributed by atoms with van der Waals surface area (Å²) in [5, 5.41) is 24.8. The zero-order chi connectivity index (χ0) is 41.1. The summed E-state index contributed by atoms with van der Waals surface area (Å²) >= 11 is 0. The average molecular weight is 824 g/mol. The lowest BCUT2D eigenvalue weighted by Crippen LogP contribution is -2.16. The van der Waals surface area contributed by atoms with Gasteiger partial charge in [-0.3, -0.25) is 20.2 Å². The van der Waals surface area contributed by atoms with Crippen molar-refractivity contribution in [3.05, 3.63) is 38.4 Å². The van der Waals surface area contributed by atoms with Gasteiger partial charge in [-0.2, -0.15) is 0 Å². The lowest BCUT2D eigenvalue weighted by molar-refractivity contribution is -0.393. The van der Waals surface area contributed by atoms with Gasteiger partial charge in [-0.05, 0) is 12.5 Å². The number of nitrogens with one attached hydrogen (secondary N) is 1. The van der Waals surface area contributed by atoms with Gasteiger partial charge >= 0.3 is 0 Å². The molecular formula is C38H69N3O16. The van der Waals surface area contributed by atoms with Crippen LogP contribution in [-0.2, 0) is 56.8 Å². The number of unbranched alkanes of at least 4 members (excludes halogenated alkanes) is 5. The first kappa shape index (κ1) is 52.4. The van der Waals surface area contributed by atoms with Crippen LogP contribution in [0, 0.1) is 20.2 Å². The summed E-state index contributed by atoms with van der Waals surface area (Å²) in [5.74, 6) is 0. The van der Waals surface area contributed by atoms with Crippen LogP contribution in [0.5, 0.6) is 0 Å². The number of non-ortho nitro benzene ring substituents is 1. The van der Waals surface area contributed by atoms with Crippen LogP contribution in [0.1, 0.15) is 45.4 Å². The fourth-order valence-electron chi connectivity index (χ4n) is 4.70. The predicted molar refractivity (Wildman–Crippen MR) is 211 cm³/mol. The van der Waals surface area contributed by atoms with Gasteiger partial charge in [-0.25, -0.2) is 0 Å². The van der Waals surface area contributed by atoms with E-state index < -0.39 is 9.85 Å². The minimum absolute atomic E-state index is 0.186. The Bertz CT molecular complexity index is 1060. The molecule has 0 heterocycles. The molecule has 19 heteroatoms. The number of rotatable bonds is 46. The van der Waals surface area contributed by atoms with E-state index in [2.05, 4.69) is 12.2 Å². The van der Waals surface area contributed by atoms with Crippen molar-refractivity contribution < 1.29 is 66.7 Å². The molecule has 0 radical (unpaired) electrons. The van der Waals surface area contributed by atoms with Crippen LogP contribution in [0.15, 0.2) is 18.2 Å². The summed E-state index contributed by atoms with van der Waals surface area (Å²) in [6.45, 7) is 14.2. The van der Waals surface area contributed by atoms with Gasteiger partial charge in [0, 0.05) is 19.2 Å². The summed E-state index contributed by atoms with van der Waals surface area (Å²) in [6, 6.07) is 3.43. The third kappa shape index (κ3) is 35.0. The Labute approximate surface area is 337 Å². The maximum Gasteiger partial charge on any atom is 0.299 e. The highest BCUT2D eigenvalue weighted by molar-refractivity contribution is 5.65. The molecule has 0 aliphatic rings. The van der Waals surface area contributed by atoms with Crippen molar-refractivity contribution >= 4 is 17.1 Å². The van der Waals surface area contributed by atoms with Crippen molar-refractivity contribution in [1.29, 1.82) is 0 Å². The lowest BCUT2D eigenvalue weighted by Gasteiger charge is -2.09. The summed E-state index contributed by atoms with van der Waals surface area (Å²) < 4.78 is 65.8. The Kier molecular flexibility index (Phi) is 38.1. The molecule has 1 aromatic rings. The standard InChI is InChI=1S/C38H69N3O16/c1-2-3-4-5-6-7-11-46-13-15-48-17-19-50-21-23-52-25-27-54-29-31-56-33-34-57-32-30-55-28-26-53-24-22-51-20-18-49-16-14-47-12-10-39-37-9-8-36(40(42)43)35-38(37)41(44)45/h8-9,35,39H,2-7,10-34H2,1H3. The molecule has 1 rings (SSSR count). The Morgan fingerprint density at radius 2 is 0.737 bits per heavy atom. The van der Waals surface area contributed by atoms with Gasteiger partial charge in [-0.15, -0.1) is 0 Å². The van der Waals surface area contributed by atoms with Gasteiger partial charge in [0.2, 0.25) is 0 Å². The van der Waals surface area contributed by atoms with Gasteiger partial charge < -0.3 is 62.2 Å². The smallest absolute Gasteiger partial charge is 0.299 e. The molecule has 19 nitrogen and oxygen atoms in total. The molecule has 0 unspecified atom stereocenters. The summed E-state index contributed by atoms with van der Waals surface area (Å²) in [6.07, 6.45) is 7.62. The van der Waals surface area contributed by atoms with Crippen LogP contribution >= 0.6 is 0 Å². The molecule has 0 aromatic heterocycles. The first-order chi connectivity index (χ1) is 28.1. The van der Waals surface area contributed by atoms with E-state index in [9.17, 15) is 20.2 Å². The number of anilines is 1. The van der Waals surface area contributed by atoms with Crippen molar-refractivity contribution in [2.45, 2.75) is 45.4 Å².